The smallest absolute Gasteiger partial charge is 0.00678 e. The topological polar surface area (TPSA) is 15.3 Å². The number of piperidine rings is 1. The number of nitrogens with one attached hydrogen (secondary N) is 1. The molecule has 0 amide bonds. The van der Waals surface area contributed by atoms with Crippen LogP contribution in [0.15, 0.2) is 30.3 Å². The predicted octanol–water partition coefficient (Wildman–Crippen LogP) is 3.72. The Bertz CT molecular complexity index is 368. The average molecular weight is 288 g/mol. The van der Waals surface area contributed by atoms with Gasteiger partial charge < -0.3 is 10.2 Å². The van der Waals surface area contributed by atoms with Gasteiger partial charge in [0.1, 0.15) is 0 Å². The number of rotatable bonds is 8. The lowest BCUT2D eigenvalue weighted by molar-refractivity contribution is 0.161. The third-order valence-electron chi connectivity index (χ3n) is 4.90. The van der Waals surface area contributed by atoms with Crippen LogP contribution in [0.4, 0.5) is 0 Å². The summed E-state index contributed by atoms with van der Waals surface area (Å²) in [5, 5.41) is 3.58. The van der Waals surface area contributed by atoms with E-state index in [1.165, 1.54) is 57.3 Å². The molecule has 0 aliphatic carbocycles. The summed E-state index contributed by atoms with van der Waals surface area (Å²) >= 11 is 0. The van der Waals surface area contributed by atoms with Crippen molar-refractivity contribution in [2.75, 3.05) is 26.2 Å². The van der Waals surface area contributed by atoms with Crippen molar-refractivity contribution in [3.63, 3.8) is 0 Å². The molecule has 1 fully saturated rings. The van der Waals surface area contributed by atoms with E-state index in [0.29, 0.717) is 6.04 Å². The van der Waals surface area contributed by atoms with Crippen molar-refractivity contribution in [1.82, 2.24) is 10.2 Å². The van der Waals surface area contributed by atoms with Gasteiger partial charge in [-0.25, -0.2) is 0 Å². The third kappa shape index (κ3) is 5.80. The summed E-state index contributed by atoms with van der Waals surface area (Å²) in [6, 6.07) is 11.6. The highest BCUT2D eigenvalue weighted by atomic mass is 15.1. The molecule has 1 aliphatic rings. The van der Waals surface area contributed by atoms with Gasteiger partial charge in [-0.3, -0.25) is 0 Å². The Morgan fingerprint density at radius 3 is 2.52 bits per heavy atom. The van der Waals surface area contributed by atoms with Gasteiger partial charge in [-0.2, -0.15) is 0 Å². The average Bonchev–Trinajstić information content (AvgIpc) is 2.53. The van der Waals surface area contributed by atoms with Crippen LogP contribution in [0.3, 0.4) is 0 Å². The van der Waals surface area contributed by atoms with Crippen LogP contribution in [0.2, 0.25) is 0 Å². The number of nitrogens with zero attached hydrogens (tertiary/aromatic N) is 1. The van der Waals surface area contributed by atoms with Crippen molar-refractivity contribution in [3.8, 4) is 0 Å². The van der Waals surface area contributed by atoms with Crippen molar-refractivity contribution in [1.29, 1.82) is 0 Å². The highest BCUT2D eigenvalue weighted by Gasteiger charge is 2.22. The zero-order valence-electron chi connectivity index (χ0n) is 13.9. The van der Waals surface area contributed by atoms with E-state index < -0.39 is 0 Å². The molecule has 118 valence electrons. The molecule has 1 unspecified atom stereocenters. The molecular formula is C19H32N2. The van der Waals surface area contributed by atoms with E-state index in [4.69, 9.17) is 0 Å². The SMILES string of the molecule is CCNC(C)C1CCN(CCCCc2ccccc2)CC1. The van der Waals surface area contributed by atoms with Gasteiger partial charge >= 0.3 is 0 Å². The Labute approximate surface area is 130 Å². The second kappa shape index (κ2) is 9.22. The van der Waals surface area contributed by atoms with Crippen molar-refractivity contribution in [3.05, 3.63) is 35.9 Å². The van der Waals surface area contributed by atoms with Crippen LogP contribution in [-0.2, 0) is 6.42 Å². The van der Waals surface area contributed by atoms with E-state index in [-0.39, 0.29) is 0 Å². The predicted molar refractivity (Wildman–Crippen MR) is 91.7 cm³/mol. The van der Waals surface area contributed by atoms with Gasteiger partial charge in [0, 0.05) is 6.04 Å². The van der Waals surface area contributed by atoms with Gasteiger partial charge in [0.25, 0.3) is 0 Å². The Kier molecular flexibility index (Phi) is 7.25. The highest BCUT2D eigenvalue weighted by molar-refractivity contribution is 5.14. The van der Waals surface area contributed by atoms with Gasteiger partial charge in [-0.05, 0) is 76.7 Å². The monoisotopic (exact) mass is 288 g/mol. The van der Waals surface area contributed by atoms with E-state index >= 15 is 0 Å². The summed E-state index contributed by atoms with van der Waals surface area (Å²) in [6.45, 7) is 9.54. The minimum Gasteiger partial charge on any atom is -0.314 e. The number of unbranched alkanes of at least 4 members (excludes halogenated alkanes) is 1. The Morgan fingerprint density at radius 1 is 1.14 bits per heavy atom. The molecule has 1 aromatic rings. The van der Waals surface area contributed by atoms with Gasteiger partial charge in [-0.1, -0.05) is 37.3 Å². The van der Waals surface area contributed by atoms with Crippen molar-refractivity contribution >= 4 is 0 Å². The molecule has 1 aromatic carbocycles. The molecule has 21 heavy (non-hydrogen) atoms. The fraction of sp³-hybridized carbons (Fsp3) is 0.684. The zero-order valence-corrected chi connectivity index (χ0v) is 13.9. The third-order valence-corrected chi connectivity index (χ3v) is 4.90. The lowest BCUT2D eigenvalue weighted by Crippen LogP contribution is -2.42. The molecule has 1 N–H and O–H groups in total. The number of hydrogen-bond acceptors (Lipinski definition) is 2. The summed E-state index contributed by atoms with van der Waals surface area (Å²) < 4.78 is 0. The number of likely N-dealkylation sites (tertiary alicyclic amines) is 1. The zero-order chi connectivity index (χ0) is 14.9. The summed E-state index contributed by atoms with van der Waals surface area (Å²) in [7, 11) is 0. The van der Waals surface area contributed by atoms with Crippen LogP contribution in [0, 0.1) is 5.92 Å². The van der Waals surface area contributed by atoms with Crippen LogP contribution >= 0.6 is 0 Å². The molecule has 0 bridgehead atoms. The second-order valence-electron chi connectivity index (χ2n) is 6.47. The van der Waals surface area contributed by atoms with Crippen LogP contribution < -0.4 is 5.32 Å². The first-order chi connectivity index (χ1) is 10.3. The summed E-state index contributed by atoms with van der Waals surface area (Å²) in [5.41, 5.74) is 1.48. The van der Waals surface area contributed by atoms with Crippen LogP contribution in [-0.4, -0.2) is 37.1 Å². The Hall–Kier alpha value is -0.860. The minimum atomic E-state index is 0.690. The number of hydrogen-bond donors (Lipinski definition) is 1. The maximum atomic E-state index is 3.58. The summed E-state index contributed by atoms with van der Waals surface area (Å²) in [4.78, 5) is 2.67. The molecule has 1 saturated heterocycles. The molecule has 1 aliphatic heterocycles. The fourth-order valence-electron chi connectivity index (χ4n) is 3.47. The van der Waals surface area contributed by atoms with Crippen LogP contribution in [0.25, 0.3) is 0 Å². The Morgan fingerprint density at radius 2 is 1.86 bits per heavy atom. The normalized spacial score (nSPS) is 18.8. The molecule has 0 saturated carbocycles. The molecule has 2 rings (SSSR count). The molecule has 0 spiro atoms. The standard InChI is InChI=1S/C19H32N2/c1-3-20-17(2)19-12-15-21(16-13-19)14-8-7-11-18-9-5-4-6-10-18/h4-6,9-10,17,19-20H,3,7-8,11-16H2,1-2H3. The molecule has 2 heteroatoms. The first-order valence-electron chi connectivity index (χ1n) is 8.79. The van der Waals surface area contributed by atoms with Gasteiger partial charge in [-0.15, -0.1) is 0 Å². The van der Waals surface area contributed by atoms with Gasteiger partial charge in [0.05, 0.1) is 0 Å². The minimum absolute atomic E-state index is 0.690. The van der Waals surface area contributed by atoms with E-state index in [1.807, 2.05) is 0 Å². The van der Waals surface area contributed by atoms with Gasteiger partial charge in [0.2, 0.25) is 0 Å². The highest BCUT2D eigenvalue weighted by Crippen LogP contribution is 2.21. The maximum Gasteiger partial charge on any atom is 0.00678 e. The molecule has 0 radical (unpaired) electrons. The molecule has 1 heterocycles. The summed E-state index contributed by atoms with van der Waals surface area (Å²) in [6.07, 6.45) is 6.62. The molecule has 0 aromatic heterocycles. The van der Waals surface area contributed by atoms with Crippen LogP contribution in [0.1, 0.15) is 45.1 Å². The van der Waals surface area contributed by atoms with Crippen molar-refractivity contribution in [2.24, 2.45) is 5.92 Å². The second-order valence-corrected chi connectivity index (χ2v) is 6.47. The van der Waals surface area contributed by atoms with E-state index in [1.54, 1.807) is 0 Å². The lowest BCUT2D eigenvalue weighted by Gasteiger charge is -2.35. The van der Waals surface area contributed by atoms with E-state index in [2.05, 4.69) is 54.4 Å². The van der Waals surface area contributed by atoms with Crippen molar-refractivity contribution < 1.29 is 0 Å². The summed E-state index contributed by atoms with van der Waals surface area (Å²) in [5.74, 6) is 0.880. The Balaban J connectivity index is 1.57. The first-order valence-corrected chi connectivity index (χ1v) is 8.79. The molecule has 1 atom stereocenters. The largest absolute Gasteiger partial charge is 0.314 e. The quantitative estimate of drug-likeness (QED) is 0.733. The lowest BCUT2D eigenvalue weighted by atomic mass is 9.90. The molecule has 2 nitrogen and oxygen atoms in total. The fourth-order valence-corrected chi connectivity index (χ4v) is 3.47. The van der Waals surface area contributed by atoms with Crippen LogP contribution in [0.5, 0.6) is 0 Å². The first kappa shape index (κ1) is 16.5. The van der Waals surface area contributed by atoms with Crippen molar-refractivity contribution in [2.45, 2.75) is 52.0 Å². The maximum absolute atomic E-state index is 3.58. The number of benzene rings is 1. The molecular weight excluding hydrogens is 256 g/mol. The van der Waals surface area contributed by atoms with E-state index in [9.17, 15) is 0 Å². The van der Waals surface area contributed by atoms with E-state index in [0.717, 1.165) is 12.5 Å². The van der Waals surface area contributed by atoms with Gasteiger partial charge in [0.15, 0.2) is 0 Å². The number of aryl methyl sites for hydroxylation is 1.